The number of hydrogen-bond donors (Lipinski definition) is 1. The van der Waals surface area contributed by atoms with E-state index < -0.39 is 0 Å². The Morgan fingerprint density at radius 1 is 1.52 bits per heavy atom. The normalized spacial score (nSPS) is 14.7. The molecular formula is C14H16N4O2S. The number of aromatic nitrogens is 2. The van der Waals surface area contributed by atoms with Crippen LogP contribution in [-0.2, 0) is 13.0 Å². The van der Waals surface area contributed by atoms with Crippen molar-refractivity contribution in [3.05, 3.63) is 45.9 Å². The van der Waals surface area contributed by atoms with Crippen molar-refractivity contribution in [3.63, 3.8) is 0 Å². The lowest BCUT2D eigenvalue weighted by atomic mass is 10.2. The molecule has 0 aromatic carbocycles. The Morgan fingerprint density at radius 3 is 3.00 bits per heavy atom. The van der Waals surface area contributed by atoms with Gasteiger partial charge in [0.2, 0.25) is 0 Å². The molecule has 110 valence electrons. The van der Waals surface area contributed by atoms with Crippen LogP contribution in [0.3, 0.4) is 0 Å². The number of nitrogens with one attached hydrogen (secondary N) is 1. The lowest BCUT2D eigenvalue weighted by Gasteiger charge is -2.23. The summed E-state index contributed by atoms with van der Waals surface area (Å²) >= 11 is 1.53. The molecule has 0 spiro atoms. The molecule has 0 atom stereocenters. The van der Waals surface area contributed by atoms with Crippen LogP contribution in [0.2, 0.25) is 0 Å². The number of hydrogen-bond acceptors (Lipinski definition) is 5. The van der Waals surface area contributed by atoms with E-state index in [-0.39, 0.29) is 5.91 Å². The first-order valence-corrected chi connectivity index (χ1v) is 7.68. The van der Waals surface area contributed by atoms with E-state index in [0.29, 0.717) is 15.4 Å². The number of carbonyl (C=O) groups excluding carboxylic acids is 1. The molecule has 6 nitrogen and oxygen atoms in total. The molecule has 0 saturated heterocycles. The van der Waals surface area contributed by atoms with Gasteiger partial charge in [0, 0.05) is 36.5 Å². The molecule has 21 heavy (non-hydrogen) atoms. The van der Waals surface area contributed by atoms with Crippen LogP contribution in [-0.4, -0.2) is 28.9 Å². The summed E-state index contributed by atoms with van der Waals surface area (Å²) in [5.41, 5.74) is 1.54. The molecule has 1 aliphatic heterocycles. The van der Waals surface area contributed by atoms with E-state index in [0.717, 1.165) is 31.7 Å². The van der Waals surface area contributed by atoms with Crippen molar-refractivity contribution in [2.24, 2.45) is 0 Å². The van der Waals surface area contributed by atoms with Crippen molar-refractivity contribution in [2.75, 3.05) is 18.4 Å². The fourth-order valence-corrected chi connectivity index (χ4v) is 3.35. The predicted molar refractivity (Wildman–Crippen MR) is 80.1 cm³/mol. The average molecular weight is 304 g/mol. The van der Waals surface area contributed by atoms with Gasteiger partial charge < -0.3 is 5.21 Å². The quantitative estimate of drug-likeness (QED) is 0.687. The second-order valence-corrected chi connectivity index (χ2v) is 5.99. The van der Waals surface area contributed by atoms with Gasteiger partial charge >= 0.3 is 0 Å². The Kier molecular flexibility index (Phi) is 3.85. The molecule has 0 bridgehead atoms. The summed E-state index contributed by atoms with van der Waals surface area (Å²) in [6.45, 7) is 5.09. The third-order valence-corrected chi connectivity index (χ3v) is 4.54. The van der Waals surface area contributed by atoms with Crippen LogP contribution in [0.4, 0.5) is 5.13 Å². The van der Waals surface area contributed by atoms with Crippen LogP contribution in [0.15, 0.2) is 24.5 Å². The molecule has 0 radical (unpaired) electrons. The first-order chi connectivity index (χ1) is 10.2. The van der Waals surface area contributed by atoms with Crippen molar-refractivity contribution < 1.29 is 9.52 Å². The van der Waals surface area contributed by atoms with Crippen molar-refractivity contribution in [1.82, 2.24) is 9.88 Å². The maximum Gasteiger partial charge on any atom is 0.257 e. The minimum atomic E-state index is -0.242. The highest BCUT2D eigenvalue weighted by atomic mass is 32.1. The monoisotopic (exact) mass is 304 g/mol. The van der Waals surface area contributed by atoms with Crippen LogP contribution in [0.5, 0.6) is 0 Å². The molecule has 7 heteroatoms. The van der Waals surface area contributed by atoms with Gasteiger partial charge in [0.05, 0.1) is 11.3 Å². The lowest BCUT2D eigenvalue weighted by molar-refractivity contribution is -0.605. The van der Waals surface area contributed by atoms with Gasteiger partial charge in [-0.3, -0.25) is 15.0 Å². The zero-order valence-corrected chi connectivity index (χ0v) is 12.5. The molecule has 1 amide bonds. The SMILES string of the molecule is CCN1CCc2nc(NC(=O)c3cc[n+]([O-])cc3)sc2C1. The van der Waals surface area contributed by atoms with Crippen molar-refractivity contribution in [2.45, 2.75) is 19.9 Å². The Labute approximate surface area is 126 Å². The van der Waals surface area contributed by atoms with E-state index in [9.17, 15) is 10.0 Å². The summed E-state index contributed by atoms with van der Waals surface area (Å²) < 4.78 is 0.651. The van der Waals surface area contributed by atoms with Gasteiger partial charge in [-0.15, -0.1) is 11.3 Å². The molecule has 3 rings (SSSR count). The van der Waals surface area contributed by atoms with Crippen LogP contribution in [0, 0.1) is 5.21 Å². The third-order valence-electron chi connectivity index (χ3n) is 3.54. The van der Waals surface area contributed by atoms with E-state index in [2.05, 4.69) is 22.1 Å². The Morgan fingerprint density at radius 2 is 2.29 bits per heavy atom. The number of rotatable bonds is 3. The second kappa shape index (κ2) is 5.79. The van der Waals surface area contributed by atoms with Crippen molar-refractivity contribution in [3.8, 4) is 0 Å². The maximum atomic E-state index is 12.1. The van der Waals surface area contributed by atoms with Crippen molar-refractivity contribution >= 4 is 22.4 Å². The number of pyridine rings is 1. The summed E-state index contributed by atoms with van der Waals surface area (Å²) in [5.74, 6) is -0.242. The predicted octanol–water partition coefficient (Wildman–Crippen LogP) is 1.41. The van der Waals surface area contributed by atoms with Gasteiger partial charge in [0.25, 0.3) is 5.91 Å². The van der Waals surface area contributed by atoms with Crippen LogP contribution in [0.1, 0.15) is 27.9 Å². The summed E-state index contributed by atoms with van der Waals surface area (Å²) in [6, 6.07) is 2.99. The molecule has 0 unspecified atom stereocenters. The highest BCUT2D eigenvalue weighted by Gasteiger charge is 2.20. The summed E-state index contributed by atoms with van der Waals surface area (Å²) in [5, 5.41) is 14.4. The third kappa shape index (κ3) is 3.03. The molecule has 3 heterocycles. The van der Waals surface area contributed by atoms with Gasteiger partial charge in [0.15, 0.2) is 17.5 Å². The summed E-state index contributed by atoms with van der Waals surface area (Å²) in [7, 11) is 0. The standard InChI is InChI=1S/C14H16N4O2S/c1-2-17-6-5-11-12(9-17)21-14(15-11)16-13(19)10-3-7-18(20)8-4-10/h3-4,7-8H,2,5-6,9H2,1H3,(H,15,16,19). The fraction of sp³-hybridized carbons (Fsp3) is 0.357. The van der Waals surface area contributed by atoms with E-state index in [1.807, 2.05) is 0 Å². The first-order valence-electron chi connectivity index (χ1n) is 6.87. The molecule has 0 fully saturated rings. The molecular weight excluding hydrogens is 288 g/mol. The summed E-state index contributed by atoms with van der Waals surface area (Å²) in [6.07, 6.45) is 3.54. The maximum absolute atomic E-state index is 12.1. The second-order valence-electron chi connectivity index (χ2n) is 4.91. The largest absolute Gasteiger partial charge is 0.619 e. The number of thiazole rings is 1. The van der Waals surface area contributed by atoms with Gasteiger partial charge in [-0.1, -0.05) is 6.92 Å². The van der Waals surface area contributed by atoms with Crippen LogP contribution in [0.25, 0.3) is 0 Å². The first kappa shape index (κ1) is 14.0. The van der Waals surface area contributed by atoms with E-state index in [1.165, 1.54) is 40.7 Å². The van der Waals surface area contributed by atoms with Crippen LogP contribution >= 0.6 is 11.3 Å². The molecule has 0 aliphatic carbocycles. The number of anilines is 1. The molecule has 2 aromatic heterocycles. The Balaban J connectivity index is 1.72. The highest BCUT2D eigenvalue weighted by molar-refractivity contribution is 7.15. The van der Waals surface area contributed by atoms with E-state index in [1.54, 1.807) is 0 Å². The highest BCUT2D eigenvalue weighted by Crippen LogP contribution is 2.28. The summed E-state index contributed by atoms with van der Waals surface area (Å²) in [4.78, 5) is 20.2. The molecule has 2 aromatic rings. The number of nitrogens with zero attached hydrogens (tertiary/aromatic N) is 3. The van der Waals surface area contributed by atoms with Crippen LogP contribution < -0.4 is 10.0 Å². The van der Waals surface area contributed by atoms with E-state index in [4.69, 9.17) is 0 Å². The zero-order valence-electron chi connectivity index (χ0n) is 11.7. The Hall–Kier alpha value is -1.99. The van der Waals surface area contributed by atoms with Gasteiger partial charge in [-0.25, -0.2) is 4.98 Å². The number of likely N-dealkylation sites (N-methyl/N-ethyl adjacent to an activating group) is 1. The van der Waals surface area contributed by atoms with Gasteiger partial charge in [0.1, 0.15) is 0 Å². The number of amides is 1. The van der Waals surface area contributed by atoms with Crippen molar-refractivity contribution in [1.29, 1.82) is 0 Å². The molecule has 1 N–H and O–H groups in total. The van der Waals surface area contributed by atoms with Gasteiger partial charge in [-0.2, -0.15) is 4.73 Å². The van der Waals surface area contributed by atoms with E-state index >= 15 is 0 Å². The number of fused-ring (bicyclic) bond motifs is 1. The minimum absolute atomic E-state index is 0.242. The fourth-order valence-electron chi connectivity index (χ4n) is 2.31. The minimum Gasteiger partial charge on any atom is -0.619 e. The lowest BCUT2D eigenvalue weighted by Crippen LogP contribution is -2.29. The topological polar surface area (TPSA) is 72.2 Å². The molecule has 0 saturated carbocycles. The van der Waals surface area contributed by atoms with Gasteiger partial charge in [-0.05, 0) is 6.54 Å². The Bertz CT molecular complexity index is 653. The average Bonchev–Trinajstić information content (AvgIpc) is 2.88. The zero-order chi connectivity index (χ0) is 14.8. The number of carbonyl (C=O) groups is 1. The molecule has 1 aliphatic rings. The smallest absolute Gasteiger partial charge is 0.257 e.